The zero-order valence-electron chi connectivity index (χ0n) is 9.71. The Morgan fingerprint density at radius 2 is 1.89 bits per heavy atom. The van der Waals surface area contributed by atoms with Crippen LogP contribution < -0.4 is 0 Å². The minimum atomic E-state index is -0.772. The number of halogens is 4. The molecule has 0 aliphatic rings. The minimum absolute atomic E-state index is 0.324. The third kappa shape index (κ3) is 3.69. The molecule has 0 aromatic heterocycles. The van der Waals surface area contributed by atoms with E-state index in [1.165, 1.54) is 12.1 Å². The van der Waals surface area contributed by atoms with Crippen molar-refractivity contribution in [1.29, 1.82) is 0 Å². The van der Waals surface area contributed by atoms with Crippen molar-refractivity contribution in [3.8, 4) is 0 Å². The van der Waals surface area contributed by atoms with Crippen molar-refractivity contribution in [2.24, 2.45) is 0 Å². The average Bonchev–Trinajstić information content (AvgIpc) is 2.32. The summed E-state index contributed by atoms with van der Waals surface area (Å²) in [5.41, 5.74) is 1.40. The van der Waals surface area contributed by atoms with E-state index < -0.39 is 6.10 Å². The molecule has 5 heteroatoms. The van der Waals surface area contributed by atoms with Crippen molar-refractivity contribution in [3.05, 3.63) is 67.9 Å². The van der Waals surface area contributed by atoms with Gasteiger partial charge in [0.25, 0.3) is 0 Å². The summed E-state index contributed by atoms with van der Waals surface area (Å²) in [7, 11) is 0. The Morgan fingerprint density at radius 3 is 2.53 bits per heavy atom. The van der Waals surface area contributed by atoms with Crippen molar-refractivity contribution in [1.82, 2.24) is 0 Å². The lowest BCUT2D eigenvalue weighted by atomic mass is 10.0. The van der Waals surface area contributed by atoms with Gasteiger partial charge in [-0.15, -0.1) is 0 Å². The molecule has 0 aliphatic carbocycles. The Kier molecular flexibility index (Phi) is 4.85. The molecule has 100 valence electrons. The second kappa shape index (κ2) is 6.23. The van der Waals surface area contributed by atoms with Gasteiger partial charge in [-0.1, -0.05) is 51.3 Å². The van der Waals surface area contributed by atoms with Crippen LogP contribution in [0.3, 0.4) is 0 Å². The van der Waals surface area contributed by atoms with Crippen molar-refractivity contribution in [3.63, 3.8) is 0 Å². The van der Waals surface area contributed by atoms with Gasteiger partial charge in [-0.2, -0.15) is 0 Å². The summed E-state index contributed by atoms with van der Waals surface area (Å²) >= 11 is 15.1. The summed E-state index contributed by atoms with van der Waals surface area (Å²) in [6, 6.07) is 9.30. The minimum Gasteiger partial charge on any atom is -0.388 e. The number of benzene rings is 2. The Labute approximate surface area is 129 Å². The number of aliphatic hydroxyl groups excluding tert-OH is 1. The Bertz CT molecular complexity index is 604. The molecule has 0 heterocycles. The number of hydrogen-bond donors (Lipinski definition) is 1. The van der Waals surface area contributed by atoms with Crippen molar-refractivity contribution in [2.75, 3.05) is 0 Å². The van der Waals surface area contributed by atoms with E-state index in [4.69, 9.17) is 23.2 Å². The van der Waals surface area contributed by atoms with E-state index >= 15 is 0 Å². The highest BCUT2D eigenvalue weighted by Gasteiger charge is 2.14. The number of hydrogen-bond acceptors (Lipinski definition) is 1. The smallest absolute Gasteiger partial charge is 0.124 e. The van der Waals surface area contributed by atoms with Crippen molar-refractivity contribution < 1.29 is 9.50 Å². The molecule has 0 radical (unpaired) electrons. The van der Waals surface area contributed by atoms with Crippen LogP contribution in [0.15, 0.2) is 40.9 Å². The number of aliphatic hydroxyl groups is 1. The van der Waals surface area contributed by atoms with Gasteiger partial charge in [0.15, 0.2) is 0 Å². The molecule has 0 spiro atoms. The molecular weight excluding hydrogens is 354 g/mol. The second-order valence-corrected chi connectivity index (χ2v) is 5.82. The molecule has 1 unspecified atom stereocenters. The van der Waals surface area contributed by atoms with E-state index in [9.17, 15) is 9.50 Å². The Hall–Kier alpha value is -0.610. The molecule has 1 nitrogen and oxygen atoms in total. The third-order valence-corrected chi connectivity index (χ3v) is 4.05. The molecule has 0 aliphatic heterocycles. The van der Waals surface area contributed by atoms with Gasteiger partial charge in [-0.3, -0.25) is 0 Å². The zero-order valence-corrected chi connectivity index (χ0v) is 12.8. The van der Waals surface area contributed by atoms with Gasteiger partial charge >= 0.3 is 0 Å². The predicted molar refractivity (Wildman–Crippen MR) is 79.2 cm³/mol. The first-order valence-electron chi connectivity index (χ1n) is 5.54. The average molecular weight is 364 g/mol. The quantitative estimate of drug-likeness (QED) is 0.797. The number of rotatable bonds is 3. The van der Waals surface area contributed by atoms with Gasteiger partial charge in [0.05, 0.1) is 6.10 Å². The molecule has 0 bridgehead atoms. The van der Waals surface area contributed by atoms with Crippen LogP contribution in [-0.2, 0) is 6.42 Å². The molecule has 2 aromatic rings. The van der Waals surface area contributed by atoms with Crippen LogP contribution in [0.25, 0.3) is 0 Å². The lowest BCUT2D eigenvalue weighted by Gasteiger charge is -2.14. The van der Waals surface area contributed by atoms with Crippen LogP contribution in [0.4, 0.5) is 4.39 Å². The van der Waals surface area contributed by atoms with Gasteiger partial charge in [-0.05, 0) is 35.4 Å². The maximum atomic E-state index is 13.0. The van der Waals surface area contributed by atoms with Crippen LogP contribution in [0.2, 0.25) is 10.0 Å². The standard InChI is InChI=1S/C14H10BrCl2FO/c15-12-7-10(18)3-1-8(12)5-14(19)11-4-2-9(16)6-13(11)17/h1-4,6-7,14,19H,5H2. The largest absolute Gasteiger partial charge is 0.388 e. The first-order valence-corrected chi connectivity index (χ1v) is 7.09. The second-order valence-electron chi connectivity index (χ2n) is 4.12. The first kappa shape index (κ1) is 14.8. The van der Waals surface area contributed by atoms with Crippen LogP contribution in [0, 0.1) is 5.82 Å². The van der Waals surface area contributed by atoms with E-state index in [2.05, 4.69) is 15.9 Å². The van der Waals surface area contributed by atoms with E-state index in [0.29, 0.717) is 26.5 Å². The molecule has 0 amide bonds. The van der Waals surface area contributed by atoms with Gasteiger partial charge < -0.3 is 5.11 Å². The summed E-state index contributed by atoms with van der Waals surface area (Å²) in [4.78, 5) is 0. The highest BCUT2D eigenvalue weighted by molar-refractivity contribution is 9.10. The van der Waals surface area contributed by atoms with Crippen molar-refractivity contribution >= 4 is 39.1 Å². The molecule has 2 rings (SSSR count). The third-order valence-electron chi connectivity index (χ3n) is 2.75. The summed E-state index contributed by atoms with van der Waals surface area (Å²) in [6.07, 6.45) is -0.436. The van der Waals surface area contributed by atoms with E-state index in [1.54, 1.807) is 24.3 Å². The lowest BCUT2D eigenvalue weighted by Crippen LogP contribution is -2.03. The maximum absolute atomic E-state index is 13.0. The maximum Gasteiger partial charge on any atom is 0.124 e. The molecule has 2 aromatic carbocycles. The summed E-state index contributed by atoms with van der Waals surface area (Å²) in [5.74, 6) is -0.324. The first-order chi connectivity index (χ1) is 8.97. The molecule has 19 heavy (non-hydrogen) atoms. The Morgan fingerprint density at radius 1 is 1.16 bits per heavy atom. The van der Waals surface area contributed by atoms with Crippen LogP contribution >= 0.6 is 39.1 Å². The molecule has 1 atom stereocenters. The van der Waals surface area contributed by atoms with Crippen LogP contribution in [0.5, 0.6) is 0 Å². The SMILES string of the molecule is OC(Cc1ccc(F)cc1Br)c1ccc(Cl)cc1Cl. The highest BCUT2D eigenvalue weighted by atomic mass is 79.9. The molecule has 0 saturated heterocycles. The zero-order chi connectivity index (χ0) is 14.0. The van der Waals surface area contributed by atoms with Crippen LogP contribution in [0.1, 0.15) is 17.2 Å². The normalized spacial score (nSPS) is 12.5. The molecule has 0 saturated carbocycles. The fraction of sp³-hybridized carbons (Fsp3) is 0.143. The highest BCUT2D eigenvalue weighted by Crippen LogP contribution is 2.30. The van der Waals surface area contributed by atoms with Crippen LogP contribution in [-0.4, -0.2) is 5.11 Å². The topological polar surface area (TPSA) is 20.2 Å². The predicted octanol–water partition coefficient (Wildman–Crippen LogP) is 5.17. The fourth-order valence-electron chi connectivity index (χ4n) is 1.78. The summed E-state index contributed by atoms with van der Waals surface area (Å²) in [5, 5.41) is 11.1. The fourth-order valence-corrected chi connectivity index (χ4v) is 2.82. The molecular formula is C14H10BrCl2FO. The lowest BCUT2D eigenvalue weighted by molar-refractivity contribution is 0.178. The Balaban J connectivity index is 2.23. The summed E-state index contributed by atoms with van der Waals surface area (Å²) < 4.78 is 13.6. The van der Waals surface area contributed by atoms with Gasteiger partial charge in [-0.25, -0.2) is 4.39 Å². The van der Waals surface area contributed by atoms with Gasteiger partial charge in [0.2, 0.25) is 0 Å². The summed E-state index contributed by atoms with van der Waals surface area (Å²) in [6.45, 7) is 0. The van der Waals surface area contributed by atoms with E-state index in [-0.39, 0.29) is 5.82 Å². The van der Waals surface area contributed by atoms with Gasteiger partial charge in [0, 0.05) is 20.9 Å². The molecule has 1 N–H and O–H groups in total. The molecule has 0 fully saturated rings. The monoisotopic (exact) mass is 362 g/mol. The van der Waals surface area contributed by atoms with Gasteiger partial charge in [0.1, 0.15) is 5.82 Å². The van der Waals surface area contributed by atoms with E-state index in [0.717, 1.165) is 5.56 Å². The van der Waals surface area contributed by atoms with E-state index in [1.807, 2.05) is 0 Å². The van der Waals surface area contributed by atoms with Crippen molar-refractivity contribution in [2.45, 2.75) is 12.5 Å².